The highest BCUT2D eigenvalue weighted by Crippen LogP contribution is 2.25. The lowest BCUT2D eigenvalue weighted by atomic mass is 10.0. The highest BCUT2D eigenvalue weighted by Gasteiger charge is 2.33. The van der Waals surface area contributed by atoms with E-state index >= 15 is 0 Å². The van der Waals surface area contributed by atoms with Crippen molar-refractivity contribution in [1.82, 2.24) is 0 Å². The number of carboxylic acids is 1. The minimum absolute atomic E-state index is 0.131. The molecular formula is C14H9F4N2O4+. The van der Waals surface area contributed by atoms with Gasteiger partial charge in [-0.15, -0.1) is 0 Å². The van der Waals surface area contributed by atoms with Gasteiger partial charge in [-0.2, -0.15) is 0 Å². The van der Waals surface area contributed by atoms with Gasteiger partial charge in [-0.25, -0.2) is 22.4 Å². The highest BCUT2D eigenvalue weighted by molar-refractivity contribution is 6.11. The molecule has 0 saturated heterocycles. The Kier molecular flexibility index (Phi) is 4.40. The Bertz CT molecular complexity index is 871. The molecule has 1 aromatic carbocycles. The number of hydrogen-bond donors (Lipinski definition) is 3. The lowest BCUT2D eigenvalue weighted by Crippen LogP contribution is -2.33. The second-order valence-electron chi connectivity index (χ2n) is 4.67. The molecule has 0 radical (unpaired) electrons. The third-order valence-electron chi connectivity index (χ3n) is 3.09. The monoisotopic (exact) mass is 345 g/mol. The van der Waals surface area contributed by atoms with E-state index in [1.165, 1.54) is 19.1 Å². The summed E-state index contributed by atoms with van der Waals surface area (Å²) in [5.74, 6) is -12.7. The molecule has 0 spiro atoms. The molecule has 24 heavy (non-hydrogen) atoms. The van der Waals surface area contributed by atoms with Crippen LogP contribution in [0.1, 0.15) is 26.4 Å². The Labute approximate surface area is 131 Å². The number of pyridine rings is 1. The van der Waals surface area contributed by atoms with Crippen LogP contribution in [0.5, 0.6) is 0 Å². The van der Waals surface area contributed by atoms with Crippen molar-refractivity contribution in [3.8, 4) is 0 Å². The van der Waals surface area contributed by atoms with Crippen LogP contribution in [0.25, 0.3) is 0 Å². The predicted octanol–water partition coefficient (Wildman–Crippen LogP) is 2.03. The molecule has 0 atom stereocenters. The minimum Gasteiger partial charge on any atom is -0.478 e. The first-order valence-corrected chi connectivity index (χ1v) is 6.27. The van der Waals surface area contributed by atoms with Crippen LogP contribution < -0.4 is 10.0 Å². The molecule has 0 bridgehead atoms. The fourth-order valence-electron chi connectivity index (χ4n) is 1.88. The van der Waals surface area contributed by atoms with Crippen molar-refractivity contribution in [3.63, 3.8) is 0 Å². The standard InChI is InChI=1S/C14H8F4N2O4/c1-5-2-3-6(4-20(5)24)19-13(21)7-8(14(22)23)10(16)12(18)11(17)9(7)15/h2-4H,1H3,(H2-,19,21,22,23,24)/p+1. The third kappa shape index (κ3) is 2.85. The van der Waals surface area contributed by atoms with Gasteiger partial charge in [-0.1, -0.05) is 0 Å². The largest absolute Gasteiger partial charge is 0.478 e. The number of amides is 1. The van der Waals surface area contributed by atoms with Gasteiger partial charge in [-0.3, -0.25) is 10.0 Å². The summed E-state index contributed by atoms with van der Waals surface area (Å²) in [5, 5.41) is 20.3. The zero-order valence-electron chi connectivity index (χ0n) is 11.9. The second-order valence-corrected chi connectivity index (χ2v) is 4.67. The zero-order valence-corrected chi connectivity index (χ0v) is 11.9. The normalized spacial score (nSPS) is 10.5. The number of aromatic nitrogens is 1. The molecular weight excluding hydrogens is 336 g/mol. The summed E-state index contributed by atoms with van der Waals surface area (Å²) in [4.78, 5) is 23.0. The Morgan fingerprint density at radius 2 is 1.54 bits per heavy atom. The van der Waals surface area contributed by atoms with Crippen molar-refractivity contribution in [3.05, 3.63) is 58.4 Å². The molecule has 0 fully saturated rings. The van der Waals surface area contributed by atoms with Gasteiger partial charge >= 0.3 is 5.97 Å². The molecule has 0 unspecified atom stereocenters. The first-order valence-electron chi connectivity index (χ1n) is 6.27. The Morgan fingerprint density at radius 1 is 1.00 bits per heavy atom. The molecule has 3 N–H and O–H groups in total. The summed E-state index contributed by atoms with van der Waals surface area (Å²) in [5.41, 5.74) is -2.92. The molecule has 10 heteroatoms. The summed E-state index contributed by atoms with van der Waals surface area (Å²) in [6, 6.07) is 2.60. The van der Waals surface area contributed by atoms with E-state index in [0.717, 1.165) is 6.20 Å². The van der Waals surface area contributed by atoms with Crippen LogP contribution in [-0.2, 0) is 0 Å². The lowest BCUT2D eigenvalue weighted by Gasteiger charge is -2.10. The number of halogens is 4. The average molecular weight is 345 g/mol. The molecule has 0 saturated carbocycles. The molecule has 2 rings (SSSR count). The number of rotatable bonds is 3. The quantitative estimate of drug-likeness (QED) is 0.261. The summed E-state index contributed by atoms with van der Waals surface area (Å²) in [6.45, 7) is 1.51. The number of aromatic carboxylic acids is 1. The number of hydrogen-bond acceptors (Lipinski definition) is 3. The number of carbonyl (C=O) groups is 2. The van der Waals surface area contributed by atoms with Gasteiger partial charge in [0.15, 0.2) is 23.3 Å². The van der Waals surface area contributed by atoms with Gasteiger partial charge in [0.1, 0.15) is 11.3 Å². The fourth-order valence-corrected chi connectivity index (χ4v) is 1.88. The maximum Gasteiger partial charge on any atom is 0.339 e. The number of aryl methyl sites for hydroxylation is 1. The topological polar surface area (TPSA) is 90.5 Å². The summed E-state index contributed by atoms with van der Waals surface area (Å²) < 4.78 is 54.4. The number of benzene rings is 1. The van der Waals surface area contributed by atoms with Crippen molar-refractivity contribution in [1.29, 1.82) is 0 Å². The first kappa shape index (κ1) is 17.2. The van der Waals surface area contributed by atoms with Crippen molar-refractivity contribution in [2.45, 2.75) is 6.92 Å². The van der Waals surface area contributed by atoms with Crippen LogP contribution >= 0.6 is 0 Å². The van der Waals surface area contributed by atoms with E-state index in [-0.39, 0.29) is 5.69 Å². The molecule has 126 valence electrons. The molecule has 2 aromatic rings. The van der Waals surface area contributed by atoms with Gasteiger partial charge < -0.3 is 10.4 Å². The highest BCUT2D eigenvalue weighted by atomic mass is 19.2. The van der Waals surface area contributed by atoms with Gasteiger partial charge in [0, 0.05) is 17.7 Å². The smallest absolute Gasteiger partial charge is 0.339 e. The molecule has 6 nitrogen and oxygen atoms in total. The fraction of sp³-hybridized carbons (Fsp3) is 0.0714. The zero-order chi connectivity index (χ0) is 18.2. The maximum absolute atomic E-state index is 13.8. The predicted molar refractivity (Wildman–Crippen MR) is 69.7 cm³/mol. The average Bonchev–Trinajstić information content (AvgIpc) is 2.51. The lowest BCUT2D eigenvalue weighted by molar-refractivity contribution is -0.908. The van der Waals surface area contributed by atoms with Crippen LogP contribution in [0.15, 0.2) is 18.3 Å². The van der Waals surface area contributed by atoms with Crippen molar-refractivity contribution in [2.75, 3.05) is 5.32 Å². The molecule has 1 heterocycles. The third-order valence-corrected chi connectivity index (χ3v) is 3.09. The van der Waals surface area contributed by atoms with E-state index in [4.69, 9.17) is 5.11 Å². The molecule has 0 aliphatic rings. The van der Waals surface area contributed by atoms with Crippen LogP contribution in [-0.4, -0.2) is 22.2 Å². The van der Waals surface area contributed by atoms with Gasteiger partial charge in [0.2, 0.25) is 11.9 Å². The van der Waals surface area contributed by atoms with Gasteiger partial charge in [0.05, 0.1) is 5.56 Å². The van der Waals surface area contributed by atoms with Crippen LogP contribution in [0.4, 0.5) is 23.2 Å². The molecule has 1 aromatic heterocycles. The number of carbonyl (C=O) groups excluding carboxylic acids is 1. The minimum atomic E-state index is -2.34. The molecule has 0 aliphatic heterocycles. The van der Waals surface area contributed by atoms with E-state index in [0.29, 0.717) is 10.4 Å². The van der Waals surface area contributed by atoms with E-state index < -0.39 is 46.3 Å². The van der Waals surface area contributed by atoms with Crippen molar-refractivity contribution in [2.24, 2.45) is 0 Å². The number of carboxylic acid groups (broad SMARTS) is 1. The van der Waals surface area contributed by atoms with E-state index in [1.54, 1.807) is 0 Å². The summed E-state index contributed by atoms with van der Waals surface area (Å²) in [7, 11) is 0. The maximum atomic E-state index is 13.8. The summed E-state index contributed by atoms with van der Waals surface area (Å²) in [6.07, 6.45) is 0.974. The van der Waals surface area contributed by atoms with Crippen LogP contribution in [0, 0.1) is 30.2 Å². The first-order chi connectivity index (χ1) is 11.1. The van der Waals surface area contributed by atoms with Crippen molar-refractivity contribution < 1.29 is 42.2 Å². The van der Waals surface area contributed by atoms with Crippen LogP contribution in [0.2, 0.25) is 0 Å². The Balaban J connectivity index is 2.56. The number of nitrogens with zero attached hydrogens (tertiary/aromatic N) is 1. The SMILES string of the molecule is Cc1ccc(NC(=O)c2c(F)c(F)c(F)c(F)c2C(=O)O)c[n+]1O. The number of anilines is 1. The molecule has 1 amide bonds. The van der Waals surface area contributed by atoms with Crippen molar-refractivity contribution >= 4 is 17.6 Å². The Morgan fingerprint density at radius 3 is 2.04 bits per heavy atom. The van der Waals surface area contributed by atoms with Gasteiger partial charge in [-0.05, 0) is 6.07 Å². The Hall–Kier alpha value is -3.17. The second kappa shape index (κ2) is 6.14. The summed E-state index contributed by atoms with van der Waals surface area (Å²) >= 11 is 0. The molecule has 0 aliphatic carbocycles. The van der Waals surface area contributed by atoms with E-state index in [1.807, 2.05) is 5.32 Å². The van der Waals surface area contributed by atoms with Gasteiger partial charge in [0.25, 0.3) is 5.91 Å². The van der Waals surface area contributed by atoms with E-state index in [2.05, 4.69) is 0 Å². The number of nitrogens with one attached hydrogen (secondary N) is 1. The van der Waals surface area contributed by atoms with Crippen LogP contribution in [0.3, 0.4) is 0 Å². The van der Waals surface area contributed by atoms with E-state index in [9.17, 15) is 32.4 Å².